The molecular weight excluding hydrogens is 760 g/mol. The van der Waals surface area contributed by atoms with Crippen molar-refractivity contribution in [3.63, 3.8) is 0 Å². The van der Waals surface area contributed by atoms with Gasteiger partial charge in [0.2, 0.25) is 5.91 Å². The van der Waals surface area contributed by atoms with Gasteiger partial charge in [0.25, 0.3) is 11.8 Å². The van der Waals surface area contributed by atoms with Gasteiger partial charge in [-0.25, -0.2) is 9.78 Å². The van der Waals surface area contributed by atoms with Gasteiger partial charge in [-0.05, 0) is 101 Å². The first-order valence-electron chi connectivity index (χ1n) is 20.1. The van der Waals surface area contributed by atoms with Crippen LogP contribution in [0.5, 0.6) is 11.5 Å². The number of piperazine rings is 1. The number of hydrogen-bond acceptors (Lipinski definition) is 9. The van der Waals surface area contributed by atoms with E-state index in [1.807, 2.05) is 29.3 Å². The molecule has 0 radical (unpaired) electrons. The van der Waals surface area contributed by atoms with Crippen LogP contribution in [-0.2, 0) is 4.79 Å². The van der Waals surface area contributed by atoms with Crippen molar-refractivity contribution in [1.29, 1.82) is 5.26 Å². The maximum absolute atomic E-state index is 13.9. The maximum Gasteiger partial charge on any atom is 0.328 e. The highest BCUT2D eigenvalue weighted by atomic mass is 35.5. The van der Waals surface area contributed by atoms with Gasteiger partial charge in [0.1, 0.15) is 23.3 Å². The number of carbonyl (C=O) groups is 4. The minimum Gasteiger partial charge on any atom is -0.492 e. The van der Waals surface area contributed by atoms with E-state index in [4.69, 9.17) is 26.3 Å². The summed E-state index contributed by atoms with van der Waals surface area (Å²) in [6.07, 6.45) is 8.72. The summed E-state index contributed by atoms with van der Waals surface area (Å²) >= 11 is 6.14. The Kier molecular flexibility index (Phi) is 12.8. The molecule has 7 rings (SSSR count). The number of unbranched alkanes of at least 4 members (excludes halogenated alkanes) is 1. The molecule has 2 N–H and O–H groups in total. The number of nitrogens with one attached hydrogen (secondary N) is 2. The van der Waals surface area contributed by atoms with E-state index in [9.17, 15) is 19.2 Å². The van der Waals surface area contributed by atoms with E-state index in [1.54, 1.807) is 47.5 Å². The molecule has 2 aromatic heterocycles. The van der Waals surface area contributed by atoms with Crippen LogP contribution in [-0.4, -0.2) is 101 Å². The van der Waals surface area contributed by atoms with Gasteiger partial charge in [0.15, 0.2) is 0 Å². The molecule has 1 saturated carbocycles. The second-order valence-electron chi connectivity index (χ2n) is 15.4. The Bertz CT molecular complexity index is 2180. The lowest BCUT2D eigenvalue weighted by molar-refractivity contribution is -0.120. The Morgan fingerprint density at radius 2 is 1.76 bits per heavy atom. The lowest BCUT2D eigenvalue weighted by atomic mass is 9.92. The molecule has 304 valence electrons. The van der Waals surface area contributed by atoms with Crippen molar-refractivity contribution in [2.45, 2.75) is 77.0 Å². The summed E-state index contributed by atoms with van der Waals surface area (Å²) in [5.41, 5.74) is 2.79. The standard InChI is InChI=1S/C43H49ClN8O6/c1-28(2)51-16-13-35-38(51)23-30(24-39(35)52-17-14-40(53)48-43(52)56)42(55)50-20-18-49(19-21-50)15-3-4-22-57-34-11-12-37(46-27-34)41(54)47-31-6-9-32(10-7-31)58-33-8-5-29(26-45)36(44)25-33/h5,8,11-13,16,23-25,27-28,31-32H,3-4,6-7,9-10,14-15,17-22H2,1-2H3,(H,47,54)(H,48,53,56)/t31-,32-. The third-order valence-electron chi connectivity index (χ3n) is 11.1. The van der Waals surface area contributed by atoms with Crippen LogP contribution >= 0.6 is 11.6 Å². The number of imide groups is 1. The van der Waals surface area contributed by atoms with Crippen LogP contribution in [0.4, 0.5) is 10.5 Å². The molecule has 14 nitrogen and oxygen atoms in total. The molecule has 15 heteroatoms. The number of benzene rings is 2. The van der Waals surface area contributed by atoms with Crippen molar-refractivity contribution in [3.05, 3.63) is 82.8 Å². The second kappa shape index (κ2) is 18.3. The number of anilines is 1. The van der Waals surface area contributed by atoms with Gasteiger partial charge >= 0.3 is 6.03 Å². The molecule has 4 heterocycles. The van der Waals surface area contributed by atoms with Crippen LogP contribution < -0.4 is 25.0 Å². The molecular formula is C43H49ClN8O6. The Morgan fingerprint density at radius 1 is 0.983 bits per heavy atom. The normalized spacial score (nSPS) is 18.9. The fraction of sp³-hybridized carbons (Fsp3) is 0.442. The van der Waals surface area contributed by atoms with Gasteiger partial charge in [-0.3, -0.25) is 29.5 Å². The molecule has 0 bridgehead atoms. The number of nitriles is 1. The molecule has 0 atom stereocenters. The Labute approximate surface area is 343 Å². The molecule has 4 aromatic rings. The highest BCUT2D eigenvalue weighted by Gasteiger charge is 2.29. The van der Waals surface area contributed by atoms with Crippen LogP contribution in [0.1, 0.15) is 91.2 Å². The van der Waals surface area contributed by atoms with E-state index in [-0.39, 0.29) is 48.9 Å². The summed E-state index contributed by atoms with van der Waals surface area (Å²) in [7, 11) is 0. The number of nitrogens with zero attached hydrogens (tertiary/aromatic N) is 6. The molecule has 0 unspecified atom stereocenters. The van der Waals surface area contributed by atoms with Gasteiger partial charge in [0, 0.05) is 74.4 Å². The maximum atomic E-state index is 13.9. The fourth-order valence-electron chi connectivity index (χ4n) is 7.85. The summed E-state index contributed by atoms with van der Waals surface area (Å²) in [5, 5.41) is 15.8. The van der Waals surface area contributed by atoms with Crippen LogP contribution in [0, 0.1) is 11.3 Å². The van der Waals surface area contributed by atoms with Gasteiger partial charge < -0.3 is 24.3 Å². The first-order valence-corrected chi connectivity index (χ1v) is 20.5. The van der Waals surface area contributed by atoms with E-state index in [0.29, 0.717) is 58.7 Å². The number of carbonyl (C=O) groups excluding carboxylic acids is 4. The monoisotopic (exact) mass is 808 g/mol. The minimum atomic E-state index is -0.472. The molecule has 2 saturated heterocycles. The number of pyridine rings is 1. The Morgan fingerprint density at radius 3 is 2.45 bits per heavy atom. The van der Waals surface area contributed by atoms with Crippen molar-refractivity contribution in [3.8, 4) is 17.6 Å². The largest absolute Gasteiger partial charge is 0.492 e. The van der Waals surface area contributed by atoms with Crippen molar-refractivity contribution >= 4 is 51.9 Å². The summed E-state index contributed by atoms with van der Waals surface area (Å²) < 4.78 is 14.1. The average Bonchev–Trinajstić information content (AvgIpc) is 3.66. The second-order valence-corrected chi connectivity index (χ2v) is 15.8. The highest BCUT2D eigenvalue weighted by molar-refractivity contribution is 6.31. The van der Waals surface area contributed by atoms with Crippen LogP contribution in [0.15, 0.2) is 60.9 Å². The molecule has 5 amide bonds. The predicted octanol–water partition coefficient (Wildman–Crippen LogP) is 6.33. The first kappa shape index (κ1) is 40.5. The van der Waals surface area contributed by atoms with Crippen LogP contribution in [0.25, 0.3) is 10.9 Å². The lowest BCUT2D eigenvalue weighted by Crippen LogP contribution is -2.50. The van der Waals surface area contributed by atoms with E-state index in [2.05, 4.69) is 38.9 Å². The van der Waals surface area contributed by atoms with E-state index < -0.39 is 6.03 Å². The number of halogens is 1. The van der Waals surface area contributed by atoms with Crippen molar-refractivity contribution in [2.75, 3.05) is 50.8 Å². The van der Waals surface area contributed by atoms with E-state index in [1.165, 1.54) is 0 Å². The number of rotatable bonds is 13. The first-order chi connectivity index (χ1) is 28.1. The lowest BCUT2D eigenvalue weighted by Gasteiger charge is -2.35. The van der Waals surface area contributed by atoms with Gasteiger partial charge in [-0.15, -0.1) is 0 Å². The van der Waals surface area contributed by atoms with Gasteiger partial charge in [-0.2, -0.15) is 5.26 Å². The van der Waals surface area contributed by atoms with E-state index >= 15 is 0 Å². The number of fused-ring (bicyclic) bond motifs is 1. The van der Waals surface area contributed by atoms with E-state index in [0.717, 1.165) is 69.1 Å². The number of urea groups is 1. The zero-order valence-electron chi connectivity index (χ0n) is 32.9. The molecule has 1 aliphatic carbocycles. The summed E-state index contributed by atoms with van der Waals surface area (Å²) in [6.45, 7) is 8.55. The summed E-state index contributed by atoms with van der Waals surface area (Å²) in [6, 6.07) is 16.0. The number of ether oxygens (including phenoxy) is 2. The predicted molar refractivity (Wildman–Crippen MR) is 219 cm³/mol. The molecule has 3 aliphatic rings. The van der Waals surface area contributed by atoms with Crippen molar-refractivity contribution in [1.82, 2.24) is 30.0 Å². The Hall–Kier alpha value is -5.65. The Balaban J connectivity index is 0.814. The van der Waals surface area contributed by atoms with Gasteiger partial charge in [0.05, 0.1) is 40.7 Å². The highest BCUT2D eigenvalue weighted by Crippen LogP contribution is 2.33. The van der Waals surface area contributed by atoms with Crippen LogP contribution in [0.2, 0.25) is 5.02 Å². The smallest absolute Gasteiger partial charge is 0.328 e. The molecule has 58 heavy (non-hydrogen) atoms. The minimum absolute atomic E-state index is 0.0206. The molecule has 3 fully saturated rings. The fourth-order valence-corrected chi connectivity index (χ4v) is 8.07. The zero-order valence-corrected chi connectivity index (χ0v) is 33.7. The number of aromatic nitrogens is 2. The third-order valence-corrected chi connectivity index (χ3v) is 11.4. The summed E-state index contributed by atoms with van der Waals surface area (Å²) in [4.78, 5) is 61.5. The SMILES string of the molecule is CC(C)n1ccc2c(N3CCC(=O)NC3=O)cc(C(=O)N3CCN(CCCCOc4ccc(C(=O)N[C@H]5CC[C@H](Oc6ccc(C#N)c(Cl)c6)CC5)nc4)CC3)cc21. The van der Waals surface area contributed by atoms with Crippen molar-refractivity contribution in [2.24, 2.45) is 0 Å². The topological polar surface area (TPSA) is 162 Å². The quantitative estimate of drug-likeness (QED) is 0.147. The third kappa shape index (κ3) is 9.54. The number of hydrogen-bond donors (Lipinski definition) is 2. The van der Waals surface area contributed by atoms with Crippen molar-refractivity contribution < 1.29 is 28.7 Å². The average molecular weight is 809 g/mol. The van der Waals surface area contributed by atoms with Gasteiger partial charge in [-0.1, -0.05) is 11.6 Å². The molecule has 2 aromatic carbocycles. The van der Waals surface area contributed by atoms with Crippen LogP contribution in [0.3, 0.4) is 0 Å². The summed E-state index contributed by atoms with van der Waals surface area (Å²) in [5.74, 6) is 0.668. The zero-order chi connectivity index (χ0) is 40.8. The number of amides is 5. The molecule has 2 aliphatic heterocycles. The molecule has 0 spiro atoms.